The first-order valence-electron chi connectivity index (χ1n) is 6.38. The minimum Gasteiger partial charge on any atom is -0.483 e. The minimum absolute atomic E-state index is 0.496. The van der Waals surface area contributed by atoms with Crippen LogP contribution in [-0.4, -0.2) is 21.3 Å². The lowest BCUT2D eigenvalue weighted by atomic mass is 10.3. The molecule has 19 heavy (non-hydrogen) atoms. The van der Waals surface area contributed by atoms with Crippen molar-refractivity contribution in [3.05, 3.63) is 27.5 Å². The summed E-state index contributed by atoms with van der Waals surface area (Å²) in [5, 5.41) is 10.7. The fourth-order valence-electron chi connectivity index (χ4n) is 1.84. The molecule has 0 saturated heterocycles. The molecule has 0 amide bonds. The Labute approximate surface area is 117 Å². The zero-order valence-electron chi connectivity index (χ0n) is 11.9. The molecule has 0 aliphatic heterocycles. The third-order valence-electron chi connectivity index (χ3n) is 2.93. The fourth-order valence-corrected chi connectivity index (χ4v) is 2.59. The van der Waals surface area contributed by atoms with Gasteiger partial charge in [0, 0.05) is 19.0 Å². The molecule has 2 rings (SSSR count). The lowest BCUT2D eigenvalue weighted by molar-refractivity contribution is 0.297. The van der Waals surface area contributed by atoms with Gasteiger partial charge in [-0.15, -0.1) is 11.3 Å². The van der Waals surface area contributed by atoms with E-state index in [1.54, 1.807) is 11.3 Å². The van der Waals surface area contributed by atoms with E-state index in [9.17, 15) is 0 Å². The summed E-state index contributed by atoms with van der Waals surface area (Å²) in [7, 11) is 1.92. The van der Waals surface area contributed by atoms with Crippen LogP contribution in [0.4, 0.5) is 0 Å². The third kappa shape index (κ3) is 3.33. The molecule has 0 atom stereocenters. The lowest BCUT2D eigenvalue weighted by Gasteiger charge is -2.04. The van der Waals surface area contributed by atoms with Crippen LogP contribution in [0.2, 0.25) is 0 Å². The Morgan fingerprint density at radius 2 is 2.21 bits per heavy atom. The van der Waals surface area contributed by atoms with Crippen molar-refractivity contribution in [3.8, 4) is 5.75 Å². The molecule has 2 heterocycles. The number of ether oxygens (including phenoxy) is 1. The molecule has 0 fully saturated rings. The van der Waals surface area contributed by atoms with Crippen LogP contribution in [0.25, 0.3) is 0 Å². The van der Waals surface area contributed by atoms with E-state index in [0.29, 0.717) is 6.61 Å². The van der Waals surface area contributed by atoms with E-state index in [-0.39, 0.29) is 0 Å². The van der Waals surface area contributed by atoms with Crippen molar-refractivity contribution in [1.82, 2.24) is 20.1 Å². The van der Waals surface area contributed by atoms with Crippen molar-refractivity contribution in [2.24, 2.45) is 7.05 Å². The van der Waals surface area contributed by atoms with Gasteiger partial charge in [-0.05, 0) is 20.4 Å². The summed E-state index contributed by atoms with van der Waals surface area (Å²) >= 11 is 1.66. The van der Waals surface area contributed by atoms with Gasteiger partial charge < -0.3 is 10.1 Å². The largest absolute Gasteiger partial charge is 0.483 e. The summed E-state index contributed by atoms with van der Waals surface area (Å²) in [5.74, 6) is 0.865. The number of rotatable bonds is 6. The monoisotopic (exact) mass is 280 g/mol. The highest BCUT2D eigenvalue weighted by atomic mass is 32.1. The molecule has 0 bridgehead atoms. The van der Waals surface area contributed by atoms with Gasteiger partial charge in [0.25, 0.3) is 0 Å². The number of aryl methyl sites for hydroxylation is 2. The Bertz CT molecular complexity index is 547. The van der Waals surface area contributed by atoms with Crippen molar-refractivity contribution in [1.29, 1.82) is 0 Å². The Morgan fingerprint density at radius 1 is 1.42 bits per heavy atom. The maximum atomic E-state index is 5.83. The van der Waals surface area contributed by atoms with Crippen LogP contribution in [-0.2, 0) is 20.2 Å². The van der Waals surface area contributed by atoms with Crippen molar-refractivity contribution in [3.63, 3.8) is 0 Å². The maximum Gasteiger partial charge on any atom is 0.163 e. The van der Waals surface area contributed by atoms with Crippen LogP contribution < -0.4 is 10.1 Å². The lowest BCUT2D eigenvalue weighted by Crippen LogP contribution is -2.11. The fraction of sp³-hybridized carbons (Fsp3) is 0.538. The van der Waals surface area contributed by atoms with Crippen LogP contribution in [0, 0.1) is 13.8 Å². The van der Waals surface area contributed by atoms with Gasteiger partial charge >= 0.3 is 0 Å². The summed E-state index contributed by atoms with van der Waals surface area (Å²) in [5.41, 5.74) is 2.93. The third-order valence-corrected chi connectivity index (χ3v) is 3.83. The molecule has 0 aliphatic carbocycles. The van der Waals surface area contributed by atoms with E-state index >= 15 is 0 Å². The Morgan fingerprint density at radius 3 is 2.84 bits per heavy atom. The van der Waals surface area contributed by atoms with Gasteiger partial charge in [0.05, 0.1) is 11.4 Å². The number of nitrogens with zero attached hydrogens (tertiary/aromatic N) is 3. The highest BCUT2D eigenvalue weighted by molar-refractivity contribution is 7.09. The summed E-state index contributed by atoms with van der Waals surface area (Å²) in [6.07, 6.45) is 0. The molecule has 2 aromatic rings. The summed E-state index contributed by atoms with van der Waals surface area (Å²) in [6, 6.07) is 0. The molecule has 2 aromatic heterocycles. The van der Waals surface area contributed by atoms with Crippen molar-refractivity contribution >= 4 is 11.3 Å². The highest BCUT2D eigenvalue weighted by Crippen LogP contribution is 2.22. The number of hydrogen-bond donors (Lipinski definition) is 1. The van der Waals surface area contributed by atoms with Crippen LogP contribution in [0.15, 0.2) is 5.38 Å². The first-order valence-corrected chi connectivity index (χ1v) is 7.26. The Hall–Kier alpha value is -1.40. The quantitative estimate of drug-likeness (QED) is 0.881. The zero-order valence-corrected chi connectivity index (χ0v) is 12.7. The zero-order chi connectivity index (χ0) is 13.8. The van der Waals surface area contributed by atoms with Crippen LogP contribution in [0.1, 0.15) is 29.0 Å². The van der Waals surface area contributed by atoms with E-state index in [2.05, 4.69) is 22.3 Å². The van der Waals surface area contributed by atoms with Gasteiger partial charge in [0.1, 0.15) is 17.3 Å². The molecule has 0 radical (unpaired) electrons. The number of hydrogen-bond acceptors (Lipinski definition) is 5. The standard InChI is InChI=1S/C13H20N4OS/c1-5-14-6-12-15-11(8-19-12)7-18-13-9(2)16-17(4)10(13)3/h8,14H,5-7H2,1-4H3. The predicted molar refractivity (Wildman–Crippen MR) is 76.5 cm³/mol. The van der Waals surface area contributed by atoms with Crippen LogP contribution >= 0.6 is 11.3 Å². The number of aromatic nitrogens is 3. The molecular weight excluding hydrogens is 260 g/mol. The second-order valence-electron chi connectivity index (χ2n) is 4.43. The topological polar surface area (TPSA) is 52.0 Å². The summed E-state index contributed by atoms with van der Waals surface area (Å²) in [6.45, 7) is 8.33. The highest BCUT2D eigenvalue weighted by Gasteiger charge is 2.11. The van der Waals surface area contributed by atoms with Crippen LogP contribution in [0.3, 0.4) is 0 Å². The maximum absolute atomic E-state index is 5.83. The summed E-state index contributed by atoms with van der Waals surface area (Å²) < 4.78 is 7.67. The van der Waals surface area contributed by atoms with Gasteiger partial charge in [0.2, 0.25) is 0 Å². The average Bonchev–Trinajstić information content (AvgIpc) is 2.92. The molecule has 6 heteroatoms. The first-order chi connectivity index (χ1) is 9.11. The molecule has 0 aromatic carbocycles. The predicted octanol–water partition coefficient (Wildman–Crippen LogP) is 2.18. The Kier molecular flexibility index (Phi) is 4.55. The van der Waals surface area contributed by atoms with Gasteiger partial charge in [-0.25, -0.2) is 4.98 Å². The SMILES string of the molecule is CCNCc1nc(COc2c(C)nn(C)c2C)cs1. The van der Waals surface area contributed by atoms with E-state index in [0.717, 1.165) is 40.9 Å². The first kappa shape index (κ1) is 14.0. The normalized spacial score (nSPS) is 10.9. The van der Waals surface area contributed by atoms with Gasteiger partial charge in [-0.2, -0.15) is 5.10 Å². The van der Waals surface area contributed by atoms with Gasteiger partial charge in [-0.3, -0.25) is 4.68 Å². The second kappa shape index (κ2) is 6.16. The molecule has 0 unspecified atom stereocenters. The average molecular weight is 280 g/mol. The van der Waals surface area contributed by atoms with Crippen molar-refractivity contribution in [2.45, 2.75) is 33.9 Å². The smallest absolute Gasteiger partial charge is 0.163 e. The van der Waals surface area contributed by atoms with Crippen molar-refractivity contribution < 1.29 is 4.74 Å². The minimum atomic E-state index is 0.496. The van der Waals surface area contributed by atoms with Crippen molar-refractivity contribution in [2.75, 3.05) is 6.54 Å². The van der Waals surface area contributed by atoms with Gasteiger partial charge in [0.15, 0.2) is 5.75 Å². The number of nitrogens with one attached hydrogen (secondary N) is 1. The molecule has 1 N–H and O–H groups in total. The van der Waals surface area contributed by atoms with Crippen LogP contribution in [0.5, 0.6) is 5.75 Å². The molecular formula is C13H20N4OS. The number of thiazole rings is 1. The van der Waals surface area contributed by atoms with E-state index < -0.39 is 0 Å². The van der Waals surface area contributed by atoms with E-state index in [1.807, 2.05) is 31.0 Å². The molecule has 0 aliphatic rings. The Balaban J connectivity index is 1.96. The molecule has 0 spiro atoms. The van der Waals surface area contributed by atoms with Gasteiger partial charge in [-0.1, -0.05) is 6.92 Å². The molecule has 5 nitrogen and oxygen atoms in total. The van der Waals surface area contributed by atoms with E-state index in [1.165, 1.54) is 0 Å². The summed E-state index contributed by atoms with van der Waals surface area (Å²) in [4.78, 5) is 4.53. The molecule has 104 valence electrons. The second-order valence-corrected chi connectivity index (χ2v) is 5.37. The molecule has 0 saturated carbocycles. The van der Waals surface area contributed by atoms with E-state index in [4.69, 9.17) is 4.74 Å².